The molecule has 1 aromatic rings. The highest BCUT2D eigenvalue weighted by molar-refractivity contribution is 7.91. The number of nitrogens with one attached hydrogen (secondary N) is 1. The molecule has 8 heteroatoms. The quantitative estimate of drug-likeness (QED) is 0.804. The third kappa shape index (κ3) is 5.07. The number of hydrogen-bond acceptors (Lipinski definition) is 5. The Morgan fingerprint density at radius 2 is 1.86 bits per heavy atom. The molecule has 116 valence electrons. The number of hydrogen-bond donors (Lipinski definition) is 2. The van der Waals surface area contributed by atoms with Crippen LogP contribution in [0.15, 0.2) is 29.2 Å². The van der Waals surface area contributed by atoms with Crippen molar-refractivity contribution in [3.63, 3.8) is 0 Å². The maximum Gasteiger partial charge on any atom is 0.405 e. The molecule has 0 fully saturated rings. The lowest BCUT2D eigenvalue weighted by Crippen LogP contribution is -2.30. The lowest BCUT2D eigenvalue weighted by Gasteiger charge is -2.17. The summed E-state index contributed by atoms with van der Waals surface area (Å²) in [6, 6.07) is 5.91. The van der Waals surface area contributed by atoms with Crippen molar-refractivity contribution in [3.8, 4) is 0 Å². The fourth-order valence-electron chi connectivity index (χ4n) is 1.66. The monoisotopic (exact) mass is 314 g/mol. The van der Waals surface area contributed by atoms with Crippen molar-refractivity contribution in [2.75, 3.05) is 12.3 Å². The number of rotatable bonds is 6. The number of primary amides is 1. The highest BCUT2D eigenvalue weighted by Crippen LogP contribution is 2.20. The van der Waals surface area contributed by atoms with E-state index in [4.69, 9.17) is 10.5 Å². The lowest BCUT2D eigenvalue weighted by molar-refractivity contribution is -0.119. The van der Waals surface area contributed by atoms with E-state index >= 15 is 0 Å². The van der Waals surface area contributed by atoms with Gasteiger partial charge in [-0.3, -0.25) is 4.79 Å². The van der Waals surface area contributed by atoms with Crippen LogP contribution in [-0.4, -0.2) is 32.7 Å². The van der Waals surface area contributed by atoms with Gasteiger partial charge in [0.15, 0.2) is 9.84 Å². The van der Waals surface area contributed by atoms with Crippen molar-refractivity contribution in [2.24, 2.45) is 5.73 Å². The zero-order chi connectivity index (χ0) is 16.0. The Morgan fingerprint density at radius 3 is 2.29 bits per heavy atom. The Labute approximate surface area is 123 Å². The number of benzene rings is 1. The van der Waals surface area contributed by atoms with E-state index in [1.807, 2.05) is 0 Å². The van der Waals surface area contributed by atoms with E-state index in [0.717, 1.165) is 0 Å². The van der Waals surface area contributed by atoms with Crippen molar-refractivity contribution in [1.29, 1.82) is 0 Å². The lowest BCUT2D eigenvalue weighted by atomic mass is 10.1. The molecular formula is C13H18N2O5S. The fourth-order valence-corrected chi connectivity index (χ4v) is 2.54. The van der Waals surface area contributed by atoms with Gasteiger partial charge in [-0.15, -0.1) is 0 Å². The van der Waals surface area contributed by atoms with Gasteiger partial charge in [0.2, 0.25) is 5.91 Å². The largest absolute Gasteiger partial charge is 0.440 e. The molecule has 0 radical (unpaired) electrons. The molecule has 1 rings (SSSR count). The minimum absolute atomic E-state index is 0.000542. The molecule has 0 spiro atoms. The Hall–Kier alpha value is -2.09. The molecule has 0 saturated carbocycles. The summed E-state index contributed by atoms with van der Waals surface area (Å²) >= 11 is 0. The van der Waals surface area contributed by atoms with Gasteiger partial charge in [0.05, 0.1) is 17.2 Å². The third-order valence-corrected chi connectivity index (χ3v) is 4.54. The maximum absolute atomic E-state index is 11.7. The average Bonchev–Trinajstić information content (AvgIpc) is 2.43. The van der Waals surface area contributed by atoms with Crippen LogP contribution in [0.2, 0.25) is 0 Å². The second kappa shape index (κ2) is 7.07. The standard InChI is InChI=1S/C13H18N2O5S/c1-3-21(18,19)11-6-4-10(5-7-11)12(20-13(14)17)8-15-9(2)16/h4-7,12H,3,8H2,1-2H3,(H2,14,17)(H,15,16)/t12-/m0/s1. The maximum atomic E-state index is 11.7. The van der Waals surface area contributed by atoms with E-state index < -0.39 is 22.0 Å². The second-order valence-corrected chi connectivity index (χ2v) is 6.61. The molecule has 1 aromatic carbocycles. The zero-order valence-corrected chi connectivity index (χ0v) is 12.6. The predicted octanol–water partition coefficient (Wildman–Crippen LogP) is 0.753. The van der Waals surface area contributed by atoms with Gasteiger partial charge < -0.3 is 15.8 Å². The molecule has 7 nitrogen and oxygen atoms in total. The Morgan fingerprint density at radius 1 is 1.29 bits per heavy atom. The van der Waals surface area contributed by atoms with E-state index in [0.29, 0.717) is 5.56 Å². The third-order valence-electron chi connectivity index (χ3n) is 2.79. The van der Waals surface area contributed by atoms with Crippen LogP contribution in [0.4, 0.5) is 4.79 Å². The smallest absolute Gasteiger partial charge is 0.405 e. The topological polar surface area (TPSA) is 116 Å². The fraction of sp³-hybridized carbons (Fsp3) is 0.385. The van der Waals surface area contributed by atoms with Gasteiger partial charge >= 0.3 is 6.09 Å². The summed E-state index contributed by atoms with van der Waals surface area (Å²) < 4.78 is 28.3. The molecule has 0 saturated heterocycles. The molecule has 0 aliphatic heterocycles. The normalized spacial score (nSPS) is 12.5. The van der Waals surface area contributed by atoms with E-state index in [1.165, 1.54) is 31.2 Å². The summed E-state index contributed by atoms with van der Waals surface area (Å²) in [5.41, 5.74) is 5.53. The molecule has 0 heterocycles. The van der Waals surface area contributed by atoms with E-state index in [2.05, 4.69) is 5.32 Å². The Bertz CT molecular complexity index is 610. The SMILES string of the molecule is CCS(=O)(=O)c1ccc([C@H](CNC(C)=O)OC(N)=O)cc1. The summed E-state index contributed by atoms with van der Waals surface area (Å²) in [7, 11) is -3.29. The number of nitrogens with two attached hydrogens (primary N) is 1. The highest BCUT2D eigenvalue weighted by atomic mass is 32.2. The molecule has 3 N–H and O–H groups in total. The zero-order valence-electron chi connectivity index (χ0n) is 11.8. The average molecular weight is 314 g/mol. The van der Waals surface area contributed by atoms with Crippen LogP contribution in [0.3, 0.4) is 0 Å². The van der Waals surface area contributed by atoms with Gasteiger partial charge in [0.1, 0.15) is 6.10 Å². The molecule has 2 amide bonds. The summed E-state index contributed by atoms with van der Waals surface area (Å²) in [4.78, 5) is 22.0. The number of carbonyl (C=O) groups is 2. The first-order valence-corrected chi connectivity index (χ1v) is 7.94. The van der Waals surface area contributed by atoms with Crippen LogP contribution in [0.25, 0.3) is 0 Å². The van der Waals surface area contributed by atoms with Gasteiger partial charge in [0, 0.05) is 6.92 Å². The van der Waals surface area contributed by atoms with Gasteiger partial charge in [0.25, 0.3) is 0 Å². The minimum atomic E-state index is -3.29. The molecule has 0 unspecified atom stereocenters. The van der Waals surface area contributed by atoms with Crippen LogP contribution in [0.1, 0.15) is 25.5 Å². The van der Waals surface area contributed by atoms with Crippen molar-refractivity contribution >= 4 is 21.8 Å². The number of carbonyl (C=O) groups excluding carboxylic acids is 2. The minimum Gasteiger partial charge on any atom is -0.440 e. The molecule has 0 bridgehead atoms. The Kier molecular flexibility index (Phi) is 5.71. The van der Waals surface area contributed by atoms with Crippen molar-refractivity contribution < 1.29 is 22.7 Å². The van der Waals surface area contributed by atoms with E-state index in [-0.39, 0.29) is 23.1 Å². The number of amides is 2. The first kappa shape index (κ1) is 17.0. The number of ether oxygens (including phenoxy) is 1. The summed E-state index contributed by atoms with van der Waals surface area (Å²) in [5, 5.41) is 2.52. The van der Waals surface area contributed by atoms with Gasteiger partial charge in [-0.2, -0.15) is 0 Å². The van der Waals surface area contributed by atoms with Gasteiger partial charge in [-0.25, -0.2) is 13.2 Å². The molecule has 21 heavy (non-hydrogen) atoms. The highest BCUT2D eigenvalue weighted by Gasteiger charge is 2.17. The van der Waals surface area contributed by atoms with Gasteiger partial charge in [-0.1, -0.05) is 19.1 Å². The molecule has 0 aromatic heterocycles. The van der Waals surface area contributed by atoms with Gasteiger partial charge in [-0.05, 0) is 17.7 Å². The molecular weight excluding hydrogens is 296 g/mol. The first-order valence-electron chi connectivity index (χ1n) is 6.29. The van der Waals surface area contributed by atoms with Crippen LogP contribution < -0.4 is 11.1 Å². The van der Waals surface area contributed by atoms with E-state index in [1.54, 1.807) is 6.92 Å². The first-order chi connectivity index (χ1) is 9.76. The summed E-state index contributed by atoms with van der Waals surface area (Å²) in [5.74, 6) is -0.280. The predicted molar refractivity (Wildman–Crippen MR) is 76.3 cm³/mol. The van der Waals surface area contributed by atoms with Crippen LogP contribution in [0.5, 0.6) is 0 Å². The molecule has 0 aliphatic rings. The van der Waals surface area contributed by atoms with Crippen molar-refractivity contribution in [3.05, 3.63) is 29.8 Å². The summed E-state index contributed by atoms with van der Waals surface area (Å²) in [6.07, 6.45) is -1.75. The second-order valence-electron chi connectivity index (χ2n) is 4.34. The van der Waals surface area contributed by atoms with Crippen molar-refractivity contribution in [1.82, 2.24) is 5.32 Å². The van der Waals surface area contributed by atoms with E-state index in [9.17, 15) is 18.0 Å². The number of sulfone groups is 1. The van der Waals surface area contributed by atoms with Crippen LogP contribution >= 0.6 is 0 Å². The van der Waals surface area contributed by atoms with Crippen molar-refractivity contribution in [2.45, 2.75) is 24.8 Å². The van der Waals surface area contributed by atoms with Crippen LogP contribution in [-0.2, 0) is 19.4 Å². The molecule has 1 atom stereocenters. The molecule has 0 aliphatic carbocycles. The summed E-state index contributed by atoms with van der Waals surface area (Å²) in [6.45, 7) is 2.94. The Balaban J connectivity index is 2.97. The van der Waals surface area contributed by atoms with Crippen LogP contribution in [0, 0.1) is 0 Å².